The largest absolute Gasteiger partial charge is 0.383 e. The van der Waals surface area contributed by atoms with E-state index in [0.29, 0.717) is 30.6 Å². The first-order valence-corrected chi connectivity index (χ1v) is 11.1. The molecule has 30 heavy (non-hydrogen) atoms. The van der Waals surface area contributed by atoms with Gasteiger partial charge < -0.3 is 9.64 Å². The molecule has 0 aromatic carbocycles. The van der Waals surface area contributed by atoms with Crippen molar-refractivity contribution in [3.63, 3.8) is 0 Å². The van der Waals surface area contributed by atoms with Crippen LogP contribution in [0.3, 0.4) is 0 Å². The third-order valence-electron chi connectivity index (χ3n) is 5.32. The standard InChI is InChI=1S/C22H27N5O2S/c1-14(2)26(9-10-29-4)21(28)17-13-24-27(20(17)16-7-8-16)22-23-12-15(3)19(25-22)18-6-5-11-30-18/h5-6,11-14,16H,7-10H2,1-4H3. The van der Waals surface area contributed by atoms with Gasteiger partial charge in [0.25, 0.3) is 11.9 Å². The Morgan fingerprint density at radius 3 is 2.80 bits per heavy atom. The maximum Gasteiger partial charge on any atom is 0.257 e. The average molecular weight is 426 g/mol. The number of hydrogen-bond acceptors (Lipinski definition) is 6. The normalized spacial score (nSPS) is 13.8. The lowest BCUT2D eigenvalue weighted by molar-refractivity contribution is 0.0633. The van der Waals surface area contributed by atoms with Crippen LogP contribution in [0.5, 0.6) is 0 Å². The molecule has 3 heterocycles. The summed E-state index contributed by atoms with van der Waals surface area (Å²) in [5, 5.41) is 6.60. The number of carbonyl (C=O) groups is 1. The molecule has 0 bridgehead atoms. The number of carbonyl (C=O) groups excluding carboxylic acids is 1. The highest BCUT2D eigenvalue weighted by Gasteiger charge is 2.35. The van der Waals surface area contributed by atoms with Gasteiger partial charge in [0, 0.05) is 31.8 Å². The number of aromatic nitrogens is 4. The molecule has 1 amide bonds. The highest BCUT2D eigenvalue weighted by Crippen LogP contribution is 2.42. The summed E-state index contributed by atoms with van der Waals surface area (Å²) in [6.07, 6.45) is 5.60. The van der Waals surface area contributed by atoms with Gasteiger partial charge in [0.15, 0.2) is 0 Å². The summed E-state index contributed by atoms with van der Waals surface area (Å²) in [5.74, 6) is 0.816. The van der Waals surface area contributed by atoms with E-state index in [-0.39, 0.29) is 11.9 Å². The van der Waals surface area contributed by atoms with Crippen LogP contribution in [0.25, 0.3) is 16.5 Å². The molecule has 7 nitrogen and oxygen atoms in total. The molecule has 1 aliphatic carbocycles. The van der Waals surface area contributed by atoms with E-state index in [1.807, 2.05) is 43.3 Å². The van der Waals surface area contributed by atoms with E-state index in [2.05, 4.69) is 16.1 Å². The third kappa shape index (κ3) is 4.02. The van der Waals surface area contributed by atoms with Crippen LogP contribution in [-0.4, -0.2) is 56.9 Å². The Bertz CT molecular complexity index is 1020. The molecule has 3 aromatic heterocycles. The average Bonchev–Trinajstić information content (AvgIpc) is 3.24. The van der Waals surface area contributed by atoms with E-state index >= 15 is 0 Å². The number of ether oxygens (including phenoxy) is 1. The Balaban J connectivity index is 1.74. The van der Waals surface area contributed by atoms with Crippen molar-refractivity contribution in [3.05, 3.63) is 46.7 Å². The fourth-order valence-electron chi connectivity index (χ4n) is 3.57. The van der Waals surface area contributed by atoms with E-state index < -0.39 is 0 Å². The zero-order valence-electron chi connectivity index (χ0n) is 17.8. The van der Waals surface area contributed by atoms with Crippen LogP contribution in [0.2, 0.25) is 0 Å². The first kappa shape index (κ1) is 20.7. The van der Waals surface area contributed by atoms with Crippen LogP contribution in [0.1, 0.15) is 54.2 Å². The van der Waals surface area contributed by atoms with Gasteiger partial charge in [-0.2, -0.15) is 5.10 Å². The van der Waals surface area contributed by atoms with E-state index in [1.165, 1.54) is 0 Å². The Hall–Kier alpha value is -2.58. The van der Waals surface area contributed by atoms with Gasteiger partial charge in [-0.25, -0.2) is 14.6 Å². The Labute approximate surface area is 180 Å². The number of aryl methyl sites for hydroxylation is 1. The number of rotatable bonds is 8. The fraction of sp³-hybridized carbons (Fsp3) is 0.455. The number of amides is 1. The van der Waals surface area contributed by atoms with Crippen molar-refractivity contribution in [2.24, 2.45) is 0 Å². The van der Waals surface area contributed by atoms with Gasteiger partial charge >= 0.3 is 0 Å². The van der Waals surface area contributed by atoms with E-state index in [0.717, 1.165) is 34.7 Å². The smallest absolute Gasteiger partial charge is 0.257 e. The highest BCUT2D eigenvalue weighted by molar-refractivity contribution is 7.13. The summed E-state index contributed by atoms with van der Waals surface area (Å²) in [6.45, 7) is 7.10. The maximum absolute atomic E-state index is 13.4. The van der Waals surface area contributed by atoms with Crippen molar-refractivity contribution < 1.29 is 9.53 Å². The van der Waals surface area contributed by atoms with Gasteiger partial charge in [0.1, 0.15) is 0 Å². The molecule has 0 spiro atoms. The molecule has 1 fully saturated rings. The van der Waals surface area contributed by atoms with Crippen molar-refractivity contribution in [2.75, 3.05) is 20.3 Å². The Morgan fingerprint density at radius 2 is 2.17 bits per heavy atom. The van der Waals surface area contributed by atoms with Gasteiger partial charge in [-0.15, -0.1) is 11.3 Å². The van der Waals surface area contributed by atoms with Crippen LogP contribution in [0.15, 0.2) is 29.9 Å². The van der Waals surface area contributed by atoms with Crippen LogP contribution in [0.4, 0.5) is 0 Å². The van der Waals surface area contributed by atoms with Gasteiger partial charge in [0.05, 0.1) is 34.6 Å². The zero-order valence-corrected chi connectivity index (χ0v) is 18.6. The minimum absolute atomic E-state index is 0.0132. The minimum atomic E-state index is -0.0132. The number of nitrogens with zero attached hydrogens (tertiary/aromatic N) is 5. The Morgan fingerprint density at radius 1 is 1.37 bits per heavy atom. The van der Waals surface area contributed by atoms with E-state index in [4.69, 9.17) is 9.72 Å². The van der Waals surface area contributed by atoms with Crippen LogP contribution in [0, 0.1) is 6.92 Å². The number of hydrogen-bond donors (Lipinski definition) is 0. The van der Waals surface area contributed by atoms with Gasteiger partial charge in [0.2, 0.25) is 0 Å². The van der Waals surface area contributed by atoms with Crippen LogP contribution < -0.4 is 0 Å². The molecule has 0 saturated heterocycles. The molecule has 3 aromatic rings. The molecule has 1 saturated carbocycles. The summed E-state index contributed by atoms with van der Waals surface area (Å²) >= 11 is 1.65. The summed E-state index contributed by atoms with van der Waals surface area (Å²) in [5.41, 5.74) is 3.49. The molecule has 0 aliphatic heterocycles. The molecule has 0 radical (unpaired) electrons. The predicted molar refractivity (Wildman–Crippen MR) is 117 cm³/mol. The molecular weight excluding hydrogens is 398 g/mol. The topological polar surface area (TPSA) is 73.1 Å². The molecule has 4 rings (SSSR count). The minimum Gasteiger partial charge on any atom is -0.383 e. The van der Waals surface area contributed by atoms with Gasteiger partial charge in [-0.3, -0.25) is 4.79 Å². The summed E-state index contributed by atoms with van der Waals surface area (Å²) in [4.78, 5) is 25.7. The highest BCUT2D eigenvalue weighted by atomic mass is 32.1. The van der Waals surface area contributed by atoms with Crippen molar-refractivity contribution in [1.29, 1.82) is 0 Å². The van der Waals surface area contributed by atoms with Crippen molar-refractivity contribution in [3.8, 4) is 16.5 Å². The molecular formula is C22H27N5O2S. The second kappa shape index (κ2) is 8.65. The van der Waals surface area contributed by atoms with Crippen molar-refractivity contribution >= 4 is 17.2 Å². The van der Waals surface area contributed by atoms with E-state index in [9.17, 15) is 4.79 Å². The lowest BCUT2D eigenvalue weighted by Gasteiger charge is -2.26. The molecule has 158 valence electrons. The Kier molecular flexibility index (Phi) is 5.97. The zero-order chi connectivity index (χ0) is 21.3. The summed E-state index contributed by atoms with van der Waals surface area (Å²) < 4.78 is 6.96. The summed E-state index contributed by atoms with van der Waals surface area (Å²) in [6, 6.07) is 4.14. The molecule has 0 atom stereocenters. The molecule has 0 unspecified atom stereocenters. The number of methoxy groups -OCH3 is 1. The SMILES string of the molecule is COCCN(C(=O)c1cnn(-c2ncc(C)c(-c3cccs3)n2)c1C1CC1)C(C)C. The fourth-order valence-corrected chi connectivity index (χ4v) is 4.35. The van der Waals surface area contributed by atoms with Gasteiger partial charge in [-0.1, -0.05) is 6.07 Å². The third-order valence-corrected chi connectivity index (χ3v) is 6.20. The second-order valence-electron chi connectivity index (χ2n) is 7.89. The van der Waals surface area contributed by atoms with Crippen LogP contribution >= 0.6 is 11.3 Å². The molecule has 0 N–H and O–H groups in total. The summed E-state index contributed by atoms with van der Waals surface area (Å²) in [7, 11) is 1.65. The van der Waals surface area contributed by atoms with Crippen molar-refractivity contribution in [1.82, 2.24) is 24.6 Å². The van der Waals surface area contributed by atoms with Gasteiger partial charge in [-0.05, 0) is 50.6 Å². The maximum atomic E-state index is 13.4. The molecule has 1 aliphatic rings. The quantitative estimate of drug-likeness (QED) is 0.544. The van der Waals surface area contributed by atoms with Crippen molar-refractivity contribution in [2.45, 2.75) is 45.6 Å². The van der Waals surface area contributed by atoms with E-state index in [1.54, 1.807) is 29.3 Å². The lowest BCUT2D eigenvalue weighted by Crippen LogP contribution is -2.39. The second-order valence-corrected chi connectivity index (χ2v) is 8.84. The number of thiophene rings is 1. The van der Waals surface area contributed by atoms with Crippen LogP contribution in [-0.2, 0) is 4.74 Å². The monoisotopic (exact) mass is 425 g/mol. The lowest BCUT2D eigenvalue weighted by atomic mass is 10.1. The molecule has 8 heteroatoms. The first-order chi connectivity index (χ1) is 14.5. The predicted octanol–water partition coefficient (Wildman–Crippen LogP) is 4.07. The first-order valence-electron chi connectivity index (χ1n) is 10.3.